The largest absolute Gasteiger partial charge is 0.497 e. The number of ether oxygens (including phenoxy) is 2. The smallest absolute Gasteiger partial charge is 0.238 e. The van der Waals surface area contributed by atoms with Crippen LogP contribution in [-0.4, -0.2) is 39.3 Å². The molecule has 0 saturated carbocycles. The molecule has 0 saturated heterocycles. The Bertz CT molecular complexity index is 396. The van der Waals surface area contributed by atoms with Crippen molar-refractivity contribution in [2.45, 2.75) is 19.8 Å². The monoisotopic (exact) mass is 280 g/mol. The van der Waals surface area contributed by atoms with E-state index in [-0.39, 0.29) is 5.91 Å². The van der Waals surface area contributed by atoms with Gasteiger partial charge in [-0.1, -0.05) is 13.0 Å². The number of methoxy groups -OCH3 is 1. The highest BCUT2D eigenvalue weighted by molar-refractivity contribution is 5.92. The number of carbonyl (C=O) groups is 1. The summed E-state index contributed by atoms with van der Waals surface area (Å²) in [5, 5.41) is 5.90. The number of amides is 1. The Morgan fingerprint density at radius 1 is 1.30 bits per heavy atom. The summed E-state index contributed by atoms with van der Waals surface area (Å²) in [6.45, 7) is 4.69. The summed E-state index contributed by atoms with van der Waals surface area (Å²) in [5.74, 6) is 0.663. The molecule has 1 aromatic carbocycles. The number of anilines is 1. The van der Waals surface area contributed by atoms with Crippen LogP contribution in [0.2, 0.25) is 0 Å². The van der Waals surface area contributed by atoms with Crippen molar-refractivity contribution in [2.24, 2.45) is 0 Å². The summed E-state index contributed by atoms with van der Waals surface area (Å²) in [6.07, 6.45) is 1.95. The van der Waals surface area contributed by atoms with Gasteiger partial charge in [0, 0.05) is 25.0 Å². The molecule has 1 rings (SSSR count). The minimum absolute atomic E-state index is 0.0623. The molecule has 5 heteroatoms. The maximum absolute atomic E-state index is 11.7. The highest BCUT2D eigenvalue weighted by atomic mass is 16.5. The van der Waals surface area contributed by atoms with Crippen LogP contribution in [0.4, 0.5) is 5.69 Å². The SMILES string of the molecule is CCCOCCCNCC(=O)Nc1cccc(OC)c1. The van der Waals surface area contributed by atoms with Crippen LogP contribution in [-0.2, 0) is 9.53 Å². The summed E-state index contributed by atoms with van der Waals surface area (Å²) >= 11 is 0. The molecular weight excluding hydrogens is 256 g/mol. The van der Waals surface area contributed by atoms with Crippen molar-refractivity contribution < 1.29 is 14.3 Å². The van der Waals surface area contributed by atoms with Gasteiger partial charge in [-0.05, 0) is 31.5 Å². The predicted octanol–water partition coefficient (Wildman–Crippen LogP) is 2.04. The first kappa shape index (κ1) is 16.5. The minimum atomic E-state index is -0.0623. The molecule has 0 heterocycles. The number of nitrogens with one attached hydrogen (secondary N) is 2. The van der Waals surface area contributed by atoms with Gasteiger partial charge in [0.05, 0.1) is 13.7 Å². The molecule has 0 aliphatic heterocycles. The van der Waals surface area contributed by atoms with Crippen molar-refractivity contribution in [3.05, 3.63) is 24.3 Å². The summed E-state index contributed by atoms with van der Waals surface area (Å²) in [4.78, 5) is 11.7. The second-order valence-electron chi connectivity index (χ2n) is 4.42. The normalized spacial score (nSPS) is 10.3. The van der Waals surface area contributed by atoms with Gasteiger partial charge in [-0.3, -0.25) is 4.79 Å². The lowest BCUT2D eigenvalue weighted by atomic mass is 10.3. The van der Waals surface area contributed by atoms with Crippen LogP contribution in [0.1, 0.15) is 19.8 Å². The lowest BCUT2D eigenvalue weighted by Crippen LogP contribution is -2.29. The molecule has 2 N–H and O–H groups in total. The van der Waals surface area contributed by atoms with Gasteiger partial charge in [0.1, 0.15) is 5.75 Å². The van der Waals surface area contributed by atoms with E-state index in [1.54, 1.807) is 13.2 Å². The molecule has 0 aliphatic rings. The predicted molar refractivity (Wildman–Crippen MR) is 80.2 cm³/mol. The molecule has 0 spiro atoms. The van der Waals surface area contributed by atoms with E-state index in [0.717, 1.165) is 44.0 Å². The van der Waals surface area contributed by atoms with Crippen molar-refractivity contribution in [1.82, 2.24) is 5.32 Å². The summed E-state index contributed by atoms with van der Waals surface area (Å²) in [6, 6.07) is 7.30. The van der Waals surface area contributed by atoms with Gasteiger partial charge in [0.15, 0.2) is 0 Å². The first-order valence-corrected chi connectivity index (χ1v) is 6.98. The number of rotatable bonds is 10. The van der Waals surface area contributed by atoms with Crippen molar-refractivity contribution in [3.63, 3.8) is 0 Å². The molecule has 5 nitrogen and oxygen atoms in total. The minimum Gasteiger partial charge on any atom is -0.497 e. The number of hydrogen-bond acceptors (Lipinski definition) is 4. The lowest BCUT2D eigenvalue weighted by molar-refractivity contribution is -0.115. The second kappa shape index (κ2) is 10.2. The Morgan fingerprint density at radius 3 is 2.90 bits per heavy atom. The lowest BCUT2D eigenvalue weighted by Gasteiger charge is -2.08. The van der Waals surface area contributed by atoms with Crippen molar-refractivity contribution in [2.75, 3.05) is 38.7 Å². The zero-order valence-electron chi connectivity index (χ0n) is 12.3. The van der Waals surface area contributed by atoms with Crippen LogP contribution in [0, 0.1) is 0 Å². The molecule has 0 bridgehead atoms. The average Bonchev–Trinajstić information content (AvgIpc) is 2.46. The van der Waals surface area contributed by atoms with Crippen LogP contribution in [0.25, 0.3) is 0 Å². The van der Waals surface area contributed by atoms with Crippen LogP contribution in [0.15, 0.2) is 24.3 Å². The standard InChI is InChI=1S/C15H24N2O3/c1-3-9-20-10-5-8-16-12-15(18)17-13-6-4-7-14(11-13)19-2/h4,6-7,11,16H,3,5,8-10,12H2,1-2H3,(H,17,18). The van der Waals surface area contributed by atoms with Crippen molar-refractivity contribution >= 4 is 11.6 Å². The van der Waals surface area contributed by atoms with Crippen molar-refractivity contribution in [3.8, 4) is 5.75 Å². The van der Waals surface area contributed by atoms with Gasteiger partial charge >= 0.3 is 0 Å². The molecule has 0 unspecified atom stereocenters. The molecule has 0 aliphatic carbocycles. The van der Waals surface area contributed by atoms with Gasteiger partial charge in [-0.2, -0.15) is 0 Å². The van der Waals surface area contributed by atoms with Gasteiger partial charge in [-0.25, -0.2) is 0 Å². The fourth-order valence-electron chi connectivity index (χ4n) is 1.65. The first-order chi connectivity index (χ1) is 9.76. The van der Waals surface area contributed by atoms with Crippen LogP contribution in [0.5, 0.6) is 5.75 Å². The Morgan fingerprint density at radius 2 is 2.15 bits per heavy atom. The molecule has 0 atom stereocenters. The van der Waals surface area contributed by atoms with E-state index in [1.165, 1.54) is 0 Å². The Labute approximate surface area is 120 Å². The maximum Gasteiger partial charge on any atom is 0.238 e. The molecule has 1 amide bonds. The van der Waals surface area contributed by atoms with Crippen LogP contribution < -0.4 is 15.4 Å². The van der Waals surface area contributed by atoms with Gasteiger partial charge < -0.3 is 20.1 Å². The van der Waals surface area contributed by atoms with Crippen molar-refractivity contribution in [1.29, 1.82) is 0 Å². The van der Waals surface area contributed by atoms with E-state index in [1.807, 2.05) is 18.2 Å². The van der Waals surface area contributed by atoms with Crippen LogP contribution in [0.3, 0.4) is 0 Å². The van der Waals surface area contributed by atoms with Gasteiger partial charge in [0.2, 0.25) is 5.91 Å². The maximum atomic E-state index is 11.7. The fourth-order valence-corrected chi connectivity index (χ4v) is 1.65. The third-order valence-corrected chi connectivity index (χ3v) is 2.63. The third kappa shape index (κ3) is 7.11. The molecule has 20 heavy (non-hydrogen) atoms. The number of carbonyl (C=O) groups excluding carboxylic acids is 1. The van der Waals surface area contributed by atoms with Gasteiger partial charge in [0.25, 0.3) is 0 Å². The molecule has 0 aromatic heterocycles. The highest BCUT2D eigenvalue weighted by Gasteiger charge is 2.02. The zero-order chi connectivity index (χ0) is 14.6. The van der Waals surface area contributed by atoms with E-state index >= 15 is 0 Å². The van der Waals surface area contributed by atoms with E-state index in [9.17, 15) is 4.79 Å². The Hall–Kier alpha value is -1.59. The summed E-state index contributed by atoms with van der Waals surface area (Å²) < 4.78 is 10.5. The number of benzene rings is 1. The van der Waals surface area contributed by atoms with E-state index in [2.05, 4.69) is 17.6 Å². The first-order valence-electron chi connectivity index (χ1n) is 6.98. The zero-order valence-corrected chi connectivity index (χ0v) is 12.3. The average molecular weight is 280 g/mol. The fraction of sp³-hybridized carbons (Fsp3) is 0.533. The highest BCUT2D eigenvalue weighted by Crippen LogP contribution is 2.16. The molecule has 112 valence electrons. The topological polar surface area (TPSA) is 59.6 Å². The third-order valence-electron chi connectivity index (χ3n) is 2.63. The Kier molecular flexibility index (Phi) is 8.42. The molecule has 1 aromatic rings. The van der Waals surface area contributed by atoms with E-state index in [4.69, 9.17) is 9.47 Å². The van der Waals surface area contributed by atoms with Crippen LogP contribution >= 0.6 is 0 Å². The van der Waals surface area contributed by atoms with E-state index < -0.39 is 0 Å². The molecule has 0 radical (unpaired) electrons. The van der Waals surface area contributed by atoms with E-state index in [0.29, 0.717) is 6.54 Å². The summed E-state index contributed by atoms with van der Waals surface area (Å²) in [7, 11) is 1.60. The number of hydrogen-bond donors (Lipinski definition) is 2. The Balaban J connectivity index is 2.13. The molecular formula is C15H24N2O3. The summed E-state index contributed by atoms with van der Waals surface area (Å²) in [5.41, 5.74) is 0.738. The quantitative estimate of drug-likeness (QED) is 0.644. The molecule has 0 fully saturated rings. The second-order valence-corrected chi connectivity index (χ2v) is 4.42. The van der Waals surface area contributed by atoms with Gasteiger partial charge in [-0.15, -0.1) is 0 Å².